The van der Waals surface area contributed by atoms with Crippen LogP contribution in [0.5, 0.6) is 0 Å². The number of thioether (sulfide) groups is 1. The van der Waals surface area contributed by atoms with Crippen molar-refractivity contribution in [3.63, 3.8) is 0 Å². The van der Waals surface area contributed by atoms with E-state index in [9.17, 15) is 4.79 Å². The van der Waals surface area contributed by atoms with E-state index in [1.807, 2.05) is 6.92 Å². The number of esters is 1. The van der Waals surface area contributed by atoms with E-state index in [0.717, 1.165) is 0 Å². The molecule has 0 amide bonds. The highest BCUT2D eigenvalue weighted by atomic mass is 32.2. The number of rotatable bonds is 4. The summed E-state index contributed by atoms with van der Waals surface area (Å²) in [5, 5.41) is 11.8. The van der Waals surface area contributed by atoms with Gasteiger partial charge in [-0.2, -0.15) is 0 Å². The summed E-state index contributed by atoms with van der Waals surface area (Å²) in [5.41, 5.74) is 0. The molecule has 0 saturated heterocycles. The number of furan rings is 1. The molecule has 0 radical (unpaired) electrons. The molecule has 2 heterocycles. The van der Waals surface area contributed by atoms with Gasteiger partial charge in [0.15, 0.2) is 0 Å². The van der Waals surface area contributed by atoms with Crippen LogP contribution in [0.1, 0.15) is 28.5 Å². The molecule has 0 aliphatic carbocycles. The number of carbonyl (C=O) groups excluding carboxylic acids is 1. The Morgan fingerprint density at radius 1 is 1.56 bits per heavy atom. The van der Waals surface area contributed by atoms with Crippen LogP contribution in [0.2, 0.25) is 0 Å². The molecule has 0 aromatic carbocycles. The van der Waals surface area contributed by atoms with Gasteiger partial charge in [0.05, 0.1) is 12.4 Å². The highest BCUT2D eigenvalue weighted by Gasteiger charge is 2.18. The molecule has 0 aliphatic heterocycles. The molecule has 7 nitrogen and oxygen atoms in total. The fourth-order valence-corrected chi connectivity index (χ4v) is 2.15. The smallest absolute Gasteiger partial charge is 0.373 e. The summed E-state index contributed by atoms with van der Waals surface area (Å²) >= 11 is 1.44. The lowest BCUT2D eigenvalue weighted by atomic mass is 10.3. The van der Waals surface area contributed by atoms with E-state index in [-0.39, 0.29) is 11.0 Å². The summed E-state index contributed by atoms with van der Waals surface area (Å²) < 4.78 is 11.6. The number of aromatic nitrogens is 4. The van der Waals surface area contributed by atoms with E-state index in [0.29, 0.717) is 10.9 Å². The molecule has 8 heteroatoms. The van der Waals surface area contributed by atoms with Crippen LogP contribution in [0.3, 0.4) is 0 Å². The minimum atomic E-state index is -0.487. The Hall–Kier alpha value is -1.83. The summed E-state index contributed by atoms with van der Waals surface area (Å²) in [7, 11) is 3.07. The molecule has 2 aromatic rings. The second-order valence-electron chi connectivity index (χ2n) is 3.54. The molecule has 0 bridgehead atoms. The molecule has 0 N–H and O–H groups in total. The Bertz CT molecular complexity index is 551. The SMILES string of the molecule is COC(=O)c1ccc([C@H](C)Sc2nnnn2C)o1. The van der Waals surface area contributed by atoms with Gasteiger partial charge >= 0.3 is 5.97 Å². The van der Waals surface area contributed by atoms with Gasteiger partial charge in [-0.25, -0.2) is 9.48 Å². The largest absolute Gasteiger partial charge is 0.463 e. The summed E-state index contributed by atoms with van der Waals surface area (Å²) in [5.74, 6) is 0.373. The van der Waals surface area contributed by atoms with Crippen LogP contribution in [0, 0.1) is 0 Å². The van der Waals surface area contributed by atoms with E-state index >= 15 is 0 Å². The van der Waals surface area contributed by atoms with Crippen LogP contribution in [0.4, 0.5) is 0 Å². The van der Waals surface area contributed by atoms with Gasteiger partial charge in [0.2, 0.25) is 10.9 Å². The Kier molecular flexibility index (Phi) is 3.66. The van der Waals surface area contributed by atoms with Gasteiger partial charge in [-0.3, -0.25) is 0 Å². The number of methoxy groups -OCH3 is 1. The van der Waals surface area contributed by atoms with Gasteiger partial charge in [-0.1, -0.05) is 11.8 Å². The Morgan fingerprint density at radius 3 is 2.94 bits per heavy atom. The van der Waals surface area contributed by atoms with Crippen LogP contribution in [-0.2, 0) is 11.8 Å². The number of aryl methyl sites for hydroxylation is 1. The average Bonchev–Trinajstić information content (AvgIpc) is 2.98. The lowest BCUT2D eigenvalue weighted by Gasteiger charge is -2.05. The maximum absolute atomic E-state index is 11.3. The fourth-order valence-electron chi connectivity index (χ4n) is 1.32. The Morgan fingerprint density at radius 2 is 2.33 bits per heavy atom. The molecule has 18 heavy (non-hydrogen) atoms. The minimum Gasteiger partial charge on any atom is -0.463 e. The van der Waals surface area contributed by atoms with Crippen LogP contribution < -0.4 is 0 Å². The second kappa shape index (κ2) is 5.21. The Balaban J connectivity index is 2.10. The van der Waals surface area contributed by atoms with Crippen molar-refractivity contribution in [2.45, 2.75) is 17.3 Å². The summed E-state index contributed by atoms with van der Waals surface area (Å²) in [6.07, 6.45) is 0. The standard InChI is InChI=1S/C10H12N4O3S/c1-6(18-10-11-12-13-14(10)2)7-4-5-8(17-7)9(15)16-3/h4-6H,1-3H3/t6-/m0/s1. The van der Waals surface area contributed by atoms with Crippen molar-refractivity contribution in [1.82, 2.24) is 20.2 Å². The number of nitrogens with zero attached hydrogens (tertiary/aromatic N) is 4. The monoisotopic (exact) mass is 268 g/mol. The Labute approximate surface area is 107 Å². The first-order valence-corrected chi connectivity index (χ1v) is 6.07. The summed E-state index contributed by atoms with van der Waals surface area (Å²) in [4.78, 5) is 11.3. The molecule has 0 fully saturated rings. The zero-order valence-corrected chi connectivity index (χ0v) is 11.0. The normalized spacial score (nSPS) is 12.4. The van der Waals surface area contributed by atoms with Crippen molar-refractivity contribution in [3.05, 3.63) is 23.7 Å². The maximum atomic E-state index is 11.3. The van der Waals surface area contributed by atoms with Crippen LogP contribution in [0.15, 0.2) is 21.7 Å². The van der Waals surface area contributed by atoms with E-state index < -0.39 is 5.97 Å². The van der Waals surface area contributed by atoms with Gasteiger partial charge in [-0.05, 0) is 29.5 Å². The zero-order valence-electron chi connectivity index (χ0n) is 10.2. The predicted octanol–water partition coefficient (Wildman–Crippen LogP) is 1.44. The van der Waals surface area contributed by atoms with Crippen LogP contribution >= 0.6 is 11.8 Å². The second-order valence-corrected chi connectivity index (χ2v) is 4.85. The van der Waals surface area contributed by atoms with Gasteiger partial charge in [0, 0.05) is 7.05 Å². The molecule has 2 rings (SSSR count). The van der Waals surface area contributed by atoms with Gasteiger partial charge < -0.3 is 9.15 Å². The van der Waals surface area contributed by atoms with E-state index in [1.54, 1.807) is 23.9 Å². The minimum absolute atomic E-state index is 0.00638. The summed E-state index contributed by atoms with van der Waals surface area (Å²) in [6, 6.07) is 3.33. The number of hydrogen-bond acceptors (Lipinski definition) is 7. The van der Waals surface area contributed by atoms with Crippen molar-refractivity contribution in [3.8, 4) is 0 Å². The first kappa shape index (κ1) is 12.6. The van der Waals surface area contributed by atoms with Crippen molar-refractivity contribution < 1.29 is 13.9 Å². The first-order valence-electron chi connectivity index (χ1n) is 5.19. The zero-order chi connectivity index (χ0) is 13.1. The van der Waals surface area contributed by atoms with Crippen molar-refractivity contribution in [2.75, 3.05) is 7.11 Å². The van der Waals surface area contributed by atoms with Crippen molar-refractivity contribution in [2.24, 2.45) is 7.05 Å². The van der Waals surface area contributed by atoms with E-state index in [1.165, 1.54) is 18.9 Å². The number of tetrazole rings is 1. The maximum Gasteiger partial charge on any atom is 0.373 e. The number of ether oxygens (including phenoxy) is 1. The molecular formula is C10H12N4O3S. The molecular weight excluding hydrogens is 256 g/mol. The van der Waals surface area contributed by atoms with Crippen molar-refractivity contribution >= 4 is 17.7 Å². The van der Waals surface area contributed by atoms with Crippen molar-refractivity contribution in [1.29, 1.82) is 0 Å². The van der Waals surface area contributed by atoms with E-state index in [2.05, 4.69) is 20.3 Å². The number of carbonyl (C=O) groups is 1. The van der Waals surface area contributed by atoms with Crippen LogP contribution in [-0.4, -0.2) is 33.3 Å². The molecule has 0 unspecified atom stereocenters. The number of hydrogen-bond donors (Lipinski definition) is 0. The molecule has 0 saturated carbocycles. The quantitative estimate of drug-likeness (QED) is 0.612. The lowest BCUT2D eigenvalue weighted by molar-refractivity contribution is 0.0563. The highest BCUT2D eigenvalue weighted by molar-refractivity contribution is 7.99. The summed E-state index contributed by atoms with van der Waals surface area (Å²) in [6.45, 7) is 1.94. The topological polar surface area (TPSA) is 83.0 Å². The molecule has 0 spiro atoms. The first-order chi connectivity index (χ1) is 8.61. The highest BCUT2D eigenvalue weighted by Crippen LogP contribution is 2.33. The molecule has 2 aromatic heterocycles. The molecule has 96 valence electrons. The van der Waals surface area contributed by atoms with Gasteiger partial charge in [0.1, 0.15) is 5.76 Å². The predicted molar refractivity (Wildman–Crippen MR) is 63.1 cm³/mol. The van der Waals surface area contributed by atoms with Crippen LogP contribution in [0.25, 0.3) is 0 Å². The van der Waals surface area contributed by atoms with E-state index in [4.69, 9.17) is 4.42 Å². The molecule has 0 aliphatic rings. The third-order valence-corrected chi connectivity index (χ3v) is 3.42. The third-order valence-electron chi connectivity index (χ3n) is 2.28. The van der Waals surface area contributed by atoms with Gasteiger partial charge in [-0.15, -0.1) is 5.10 Å². The average molecular weight is 268 g/mol. The molecule has 1 atom stereocenters. The third kappa shape index (κ3) is 2.53. The fraction of sp³-hybridized carbons (Fsp3) is 0.400. The lowest BCUT2D eigenvalue weighted by Crippen LogP contribution is -1.98. The van der Waals surface area contributed by atoms with Gasteiger partial charge in [0.25, 0.3) is 0 Å².